The van der Waals surface area contributed by atoms with Crippen molar-refractivity contribution < 1.29 is 9.53 Å². The molecule has 0 saturated carbocycles. The number of benzene rings is 3. The molecule has 1 N–H and O–H groups in total. The smallest absolute Gasteiger partial charge is 0.337 e. The summed E-state index contributed by atoms with van der Waals surface area (Å²) in [6.07, 6.45) is 0. The van der Waals surface area contributed by atoms with Crippen molar-refractivity contribution in [3.05, 3.63) is 105 Å². The number of fused-ring (bicyclic) bond motifs is 1. The number of allylic oxidation sites excluding steroid dienone is 2. The Labute approximate surface area is 215 Å². The number of dihydropyridines is 1. The predicted octanol–water partition coefficient (Wildman–Crippen LogP) is 7.46. The maximum atomic E-state index is 13.3. The van der Waals surface area contributed by atoms with Crippen LogP contribution < -0.4 is 5.32 Å². The van der Waals surface area contributed by atoms with E-state index in [1.165, 1.54) is 16.3 Å². The molecule has 3 aromatic carbocycles. The standard InChI is InChI=1S/C29H27ClN2O2S/c1-18-25(28(33)34-29(2,3)4)26(20-12-14-22(30)15-13-20)24(16-31)27(32-18)35-17-21-10-7-9-19-8-5-6-11-23(19)21/h5-15,26,32H,17H2,1-4H3/t26-/m0/s1. The zero-order valence-corrected chi connectivity index (χ0v) is 21.8. The van der Waals surface area contributed by atoms with E-state index in [4.69, 9.17) is 16.3 Å². The van der Waals surface area contributed by atoms with Crippen LogP contribution in [0, 0.1) is 11.3 Å². The summed E-state index contributed by atoms with van der Waals surface area (Å²) in [5.74, 6) is -0.311. The lowest BCUT2D eigenvalue weighted by molar-refractivity contribution is -0.150. The monoisotopic (exact) mass is 502 g/mol. The first-order valence-corrected chi connectivity index (χ1v) is 12.7. The average molecular weight is 503 g/mol. The van der Waals surface area contributed by atoms with Crippen molar-refractivity contribution in [1.29, 1.82) is 5.26 Å². The molecule has 0 saturated heterocycles. The molecule has 0 bridgehead atoms. The molecule has 35 heavy (non-hydrogen) atoms. The molecule has 0 fully saturated rings. The van der Waals surface area contributed by atoms with Gasteiger partial charge in [0.1, 0.15) is 5.60 Å². The van der Waals surface area contributed by atoms with Gasteiger partial charge in [-0.2, -0.15) is 5.26 Å². The van der Waals surface area contributed by atoms with Gasteiger partial charge in [0, 0.05) is 16.5 Å². The number of carbonyl (C=O) groups excluding carboxylic acids is 1. The topological polar surface area (TPSA) is 62.1 Å². The van der Waals surface area contributed by atoms with E-state index in [1.807, 2.05) is 58.0 Å². The number of ether oxygens (including phenoxy) is 1. The van der Waals surface area contributed by atoms with E-state index in [1.54, 1.807) is 23.9 Å². The van der Waals surface area contributed by atoms with Gasteiger partial charge in [-0.15, -0.1) is 11.8 Å². The second-order valence-corrected chi connectivity index (χ2v) is 10.9. The third-order valence-corrected chi connectivity index (χ3v) is 7.04. The summed E-state index contributed by atoms with van der Waals surface area (Å²) in [7, 11) is 0. The van der Waals surface area contributed by atoms with Crippen molar-refractivity contribution >= 4 is 40.1 Å². The third kappa shape index (κ3) is 5.56. The Morgan fingerprint density at radius 1 is 1.09 bits per heavy atom. The first kappa shape index (κ1) is 24.9. The number of nitrogens with zero attached hydrogens (tertiary/aromatic N) is 1. The molecular formula is C29H27ClN2O2S. The van der Waals surface area contributed by atoms with Crippen molar-refractivity contribution in [3.8, 4) is 6.07 Å². The van der Waals surface area contributed by atoms with Crippen molar-refractivity contribution in [2.75, 3.05) is 0 Å². The zero-order valence-electron chi connectivity index (χ0n) is 20.2. The van der Waals surface area contributed by atoms with E-state index in [-0.39, 0.29) is 0 Å². The van der Waals surface area contributed by atoms with E-state index in [2.05, 4.69) is 35.7 Å². The van der Waals surface area contributed by atoms with Gasteiger partial charge in [0.2, 0.25) is 0 Å². The average Bonchev–Trinajstić information content (AvgIpc) is 2.81. The van der Waals surface area contributed by atoms with E-state index >= 15 is 0 Å². The number of halogens is 1. The summed E-state index contributed by atoms with van der Waals surface area (Å²) in [6, 6.07) is 24.2. The molecule has 0 unspecified atom stereocenters. The quantitative estimate of drug-likeness (QED) is 0.367. The molecule has 1 heterocycles. The normalized spacial score (nSPS) is 16.2. The van der Waals surface area contributed by atoms with Crippen LogP contribution in [0.4, 0.5) is 0 Å². The number of hydrogen-bond acceptors (Lipinski definition) is 5. The van der Waals surface area contributed by atoms with E-state index in [9.17, 15) is 10.1 Å². The maximum absolute atomic E-state index is 13.3. The lowest BCUT2D eigenvalue weighted by atomic mass is 9.82. The predicted molar refractivity (Wildman–Crippen MR) is 144 cm³/mol. The second kappa shape index (κ2) is 10.2. The van der Waals surface area contributed by atoms with Crippen molar-refractivity contribution in [3.63, 3.8) is 0 Å². The Morgan fingerprint density at radius 2 is 1.77 bits per heavy atom. The van der Waals surface area contributed by atoms with Crippen molar-refractivity contribution in [2.24, 2.45) is 0 Å². The van der Waals surface area contributed by atoms with E-state index < -0.39 is 17.5 Å². The van der Waals surface area contributed by atoms with Crippen LogP contribution in [0.3, 0.4) is 0 Å². The maximum Gasteiger partial charge on any atom is 0.337 e. The van der Waals surface area contributed by atoms with Crippen molar-refractivity contribution in [2.45, 2.75) is 45.0 Å². The zero-order chi connectivity index (χ0) is 25.2. The molecule has 4 nitrogen and oxygen atoms in total. The Balaban J connectivity index is 1.74. The molecular weight excluding hydrogens is 476 g/mol. The molecule has 3 aromatic rings. The van der Waals surface area contributed by atoms with Gasteiger partial charge >= 0.3 is 5.97 Å². The summed E-state index contributed by atoms with van der Waals surface area (Å²) >= 11 is 7.70. The molecule has 178 valence electrons. The molecule has 0 aliphatic carbocycles. The highest BCUT2D eigenvalue weighted by Crippen LogP contribution is 2.42. The van der Waals surface area contributed by atoms with Crippen LogP contribution in [0.5, 0.6) is 0 Å². The fraction of sp³-hybridized carbons (Fsp3) is 0.241. The molecule has 4 rings (SSSR count). The van der Waals surface area contributed by atoms with Crippen LogP contribution in [0.1, 0.15) is 44.7 Å². The SMILES string of the molecule is CC1=C(C(=O)OC(C)(C)C)[C@@H](c2ccc(Cl)cc2)C(C#N)=C(SCc2cccc3ccccc23)N1. The second-order valence-electron chi connectivity index (χ2n) is 9.43. The molecule has 0 radical (unpaired) electrons. The van der Waals surface area contributed by atoms with Gasteiger partial charge in [0.25, 0.3) is 0 Å². The Bertz CT molecular complexity index is 1370. The highest BCUT2D eigenvalue weighted by molar-refractivity contribution is 8.02. The molecule has 1 atom stereocenters. The Hall–Kier alpha value is -3.20. The van der Waals surface area contributed by atoms with Crippen LogP contribution in [-0.4, -0.2) is 11.6 Å². The van der Waals surface area contributed by atoms with Crippen LogP contribution >= 0.6 is 23.4 Å². The van der Waals surface area contributed by atoms with Crippen LogP contribution in [0.25, 0.3) is 10.8 Å². The van der Waals surface area contributed by atoms with Crippen LogP contribution in [0.2, 0.25) is 5.02 Å². The van der Waals surface area contributed by atoms with E-state index in [0.29, 0.717) is 27.6 Å². The summed E-state index contributed by atoms with van der Waals surface area (Å²) in [5.41, 5.74) is 2.95. The summed E-state index contributed by atoms with van der Waals surface area (Å²) < 4.78 is 5.73. The number of carbonyl (C=O) groups is 1. The number of hydrogen-bond donors (Lipinski definition) is 1. The lowest BCUT2D eigenvalue weighted by Gasteiger charge is -2.31. The minimum atomic E-state index is -0.658. The number of rotatable bonds is 5. The fourth-order valence-corrected chi connectivity index (χ4v) is 5.41. The van der Waals surface area contributed by atoms with Crippen LogP contribution in [-0.2, 0) is 15.3 Å². The summed E-state index contributed by atoms with van der Waals surface area (Å²) in [4.78, 5) is 13.3. The Morgan fingerprint density at radius 3 is 2.46 bits per heavy atom. The van der Waals surface area contributed by atoms with Crippen molar-refractivity contribution in [1.82, 2.24) is 5.32 Å². The molecule has 6 heteroatoms. The lowest BCUT2D eigenvalue weighted by Crippen LogP contribution is -2.32. The van der Waals surface area contributed by atoms with Gasteiger partial charge in [0.15, 0.2) is 0 Å². The molecule has 1 aliphatic heterocycles. The third-order valence-electron chi connectivity index (χ3n) is 5.72. The fourth-order valence-electron chi connectivity index (χ4n) is 4.19. The van der Waals surface area contributed by atoms with Gasteiger partial charge in [0.05, 0.1) is 28.2 Å². The van der Waals surface area contributed by atoms with Crippen LogP contribution in [0.15, 0.2) is 88.6 Å². The van der Waals surface area contributed by atoms with Gasteiger partial charge in [-0.3, -0.25) is 0 Å². The highest BCUT2D eigenvalue weighted by atomic mass is 35.5. The first-order valence-electron chi connectivity index (χ1n) is 11.4. The van der Waals surface area contributed by atoms with Gasteiger partial charge in [-0.1, -0.05) is 66.2 Å². The van der Waals surface area contributed by atoms with Gasteiger partial charge in [-0.05, 0) is 61.7 Å². The number of nitriles is 1. The molecule has 0 aromatic heterocycles. The van der Waals surface area contributed by atoms with Gasteiger partial charge < -0.3 is 10.1 Å². The van der Waals surface area contributed by atoms with Gasteiger partial charge in [-0.25, -0.2) is 4.79 Å². The molecule has 1 aliphatic rings. The van der Waals surface area contributed by atoms with E-state index in [0.717, 1.165) is 10.6 Å². The first-order chi connectivity index (χ1) is 16.7. The molecule has 0 spiro atoms. The number of esters is 1. The molecule has 0 amide bonds. The Kier molecular flexibility index (Phi) is 7.25. The number of thioether (sulfide) groups is 1. The summed E-state index contributed by atoms with van der Waals surface area (Å²) in [5, 5.41) is 17.3. The largest absolute Gasteiger partial charge is 0.457 e. The highest BCUT2D eigenvalue weighted by Gasteiger charge is 2.36. The number of nitrogens with one attached hydrogen (secondary N) is 1. The summed E-state index contributed by atoms with van der Waals surface area (Å²) in [6.45, 7) is 7.36. The minimum absolute atomic E-state index is 0.437. The minimum Gasteiger partial charge on any atom is -0.457 e.